The average molecular weight is 344 g/mol. The molecule has 1 aromatic heterocycles. The zero-order valence-electron chi connectivity index (χ0n) is 13.9. The number of hydrogen-bond donors (Lipinski definition) is 1. The van der Waals surface area contributed by atoms with Crippen molar-refractivity contribution in [3.8, 4) is 0 Å². The molecule has 0 atom stereocenters. The maximum Gasteiger partial charge on any atom is 0.0766 e. The Balaban J connectivity index is 2.98. The van der Waals surface area contributed by atoms with Gasteiger partial charge in [-0.25, -0.2) is 0 Å². The zero-order chi connectivity index (χ0) is 15.3. The summed E-state index contributed by atoms with van der Waals surface area (Å²) in [7, 11) is 2.06. The van der Waals surface area contributed by atoms with Gasteiger partial charge in [0.25, 0.3) is 0 Å². The number of hydrogen-bond acceptors (Lipinski definition) is 2. The molecule has 116 valence electrons. The lowest BCUT2D eigenvalue weighted by atomic mass is 9.78. The van der Waals surface area contributed by atoms with E-state index in [1.807, 2.05) is 0 Å². The fraction of sp³-hybridized carbons (Fsp3) is 0.812. The normalized spacial score (nSPS) is 12.4. The minimum atomic E-state index is 0.311. The number of rotatable bonds is 8. The van der Waals surface area contributed by atoms with Crippen molar-refractivity contribution in [3.63, 3.8) is 0 Å². The summed E-state index contributed by atoms with van der Waals surface area (Å²) in [4.78, 5) is 0. The van der Waals surface area contributed by atoms with Crippen molar-refractivity contribution in [2.75, 3.05) is 6.54 Å². The molecule has 1 rings (SSSR count). The van der Waals surface area contributed by atoms with Crippen LogP contribution >= 0.6 is 15.9 Å². The largest absolute Gasteiger partial charge is 0.314 e. The van der Waals surface area contributed by atoms with Gasteiger partial charge >= 0.3 is 0 Å². The summed E-state index contributed by atoms with van der Waals surface area (Å²) in [5.41, 5.74) is 2.81. The van der Waals surface area contributed by atoms with E-state index in [9.17, 15) is 0 Å². The number of halogens is 1. The highest BCUT2D eigenvalue weighted by Crippen LogP contribution is 2.34. The van der Waals surface area contributed by atoms with Gasteiger partial charge in [-0.1, -0.05) is 34.6 Å². The monoisotopic (exact) mass is 343 g/mol. The van der Waals surface area contributed by atoms with E-state index >= 15 is 0 Å². The van der Waals surface area contributed by atoms with Crippen molar-refractivity contribution in [1.82, 2.24) is 15.1 Å². The van der Waals surface area contributed by atoms with Crippen molar-refractivity contribution >= 4 is 15.9 Å². The van der Waals surface area contributed by atoms with Crippen molar-refractivity contribution < 1.29 is 0 Å². The van der Waals surface area contributed by atoms with Crippen LogP contribution in [0.1, 0.15) is 58.8 Å². The summed E-state index contributed by atoms with van der Waals surface area (Å²) >= 11 is 3.75. The molecule has 0 spiro atoms. The van der Waals surface area contributed by atoms with Gasteiger partial charge < -0.3 is 5.32 Å². The minimum absolute atomic E-state index is 0.311. The topological polar surface area (TPSA) is 29.9 Å². The van der Waals surface area contributed by atoms with E-state index in [4.69, 9.17) is 0 Å². The third-order valence-corrected chi connectivity index (χ3v) is 5.35. The van der Waals surface area contributed by atoms with Gasteiger partial charge in [-0.2, -0.15) is 5.10 Å². The molecule has 1 aromatic rings. The third-order valence-electron chi connectivity index (χ3n) is 4.43. The van der Waals surface area contributed by atoms with Crippen LogP contribution < -0.4 is 5.32 Å². The molecule has 1 N–H and O–H groups in total. The Labute approximate surface area is 132 Å². The van der Waals surface area contributed by atoms with Gasteiger partial charge in [-0.05, 0) is 47.0 Å². The van der Waals surface area contributed by atoms with E-state index in [-0.39, 0.29) is 0 Å². The summed E-state index contributed by atoms with van der Waals surface area (Å²) in [5, 5.41) is 8.25. The predicted octanol–water partition coefficient (Wildman–Crippen LogP) is 4.09. The lowest BCUT2D eigenvalue weighted by Crippen LogP contribution is -2.39. The molecule has 3 nitrogen and oxygen atoms in total. The number of nitrogens with zero attached hydrogens (tertiary/aromatic N) is 2. The molecule has 0 aliphatic carbocycles. The Kier molecular flexibility index (Phi) is 6.73. The lowest BCUT2D eigenvalue weighted by Gasteiger charge is -2.33. The van der Waals surface area contributed by atoms with Crippen LogP contribution in [0, 0.1) is 5.41 Å². The first kappa shape index (κ1) is 17.7. The molecule has 1 heterocycles. The Hall–Kier alpha value is -0.350. The van der Waals surface area contributed by atoms with Crippen LogP contribution in [0.25, 0.3) is 0 Å². The first-order chi connectivity index (χ1) is 9.39. The Morgan fingerprint density at radius 2 is 1.85 bits per heavy atom. The Morgan fingerprint density at radius 1 is 1.25 bits per heavy atom. The summed E-state index contributed by atoms with van der Waals surface area (Å²) in [6, 6.07) is 0.536. The van der Waals surface area contributed by atoms with Gasteiger partial charge in [-0.15, -0.1) is 0 Å². The van der Waals surface area contributed by atoms with Crippen molar-refractivity contribution in [2.45, 2.75) is 66.3 Å². The van der Waals surface area contributed by atoms with Gasteiger partial charge in [0.15, 0.2) is 0 Å². The van der Waals surface area contributed by atoms with Crippen LogP contribution in [0.5, 0.6) is 0 Å². The second kappa shape index (κ2) is 7.60. The maximum absolute atomic E-state index is 4.63. The van der Waals surface area contributed by atoms with Gasteiger partial charge in [0.2, 0.25) is 0 Å². The summed E-state index contributed by atoms with van der Waals surface area (Å²) in [6.45, 7) is 12.3. The fourth-order valence-electron chi connectivity index (χ4n) is 2.60. The molecule has 20 heavy (non-hydrogen) atoms. The van der Waals surface area contributed by atoms with Crippen LogP contribution in [0.3, 0.4) is 0 Å². The van der Waals surface area contributed by atoms with Crippen LogP contribution in [-0.2, 0) is 19.9 Å². The highest BCUT2D eigenvalue weighted by atomic mass is 79.9. The molecule has 0 bridgehead atoms. The molecule has 0 saturated carbocycles. The molecule has 0 amide bonds. The van der Waals surface area contributed by atoms with Crippen molar-refractivity contribution in [2.24, 2.45) is 12.5 Å². The second-order valence-corrected chi connectivity index (χ2v) is 6.90. The van der Waals surface area contributed by atoms with Gasteiger partial charge in [-0.3, -0.25) is 4.68 Å². The van der Waals surface area contributed by atoms with Gasteiger partial charge in [0.1, 0.15) is 0 Å². The third kappa shape index (κ3) is 4.08. The smallest absolute Gasteiger partial charge is 0.0766 e. The second-order valence-electron chi connectivity index (χ2n) is 6.10. The van der Waals surface area contributed by atoms with Crippen LogP contribution in [-0.4, -0.2) is 22.4 Å². The molecule has 0 aromatic carbocycles. The molecule has 0 radical (unpaired) electrons. The predicted molar refractivity (Wildman–Crippen MR) is 90.1 cm³/mol. The lowest BCUT2D eigenvalue weighted by molar-refractivity contribution is 0.234. The van der Waals surface area contributed by atoms with E-state index in [2.05, 4.69) is 72.7 Å². The van der Waals surface area contributed by atoms with Crippen molar-refractivity contribution in [3.05, 3.63) is 15.9 Å². The zero-order valence-corrected chi connectivity index (χ0v) is 15.5. The molecular formula is C16H30BrN3. The van der Waals surface area contributed by atoms with E-state index in [1.54, 1.807) is 0 Å². The molecule has 0 aliphatic heterocycles. The average Bonchev–Trinajstić information content (AvgIpc) is 2.70. The molecule has 0 unspecified atom stereocenters. The highest BCUT2D eigenvalue weighted by Gasteiger charge is 2.29. The molecule has 0 saturated heterocycles. The molecular weight excluding hydrogens is 314 g/mol. The quantitative estimate of drug-likeness (QED) is 0.770. The maximum atomic E-state index is 4.63. The fourth-order valence-corrected chi connectivity index (χ4v) is 3.36. The van der Waals surface area contributed by atoms with Crippen LogP contribution in [0.2, 0.25) is 0 Å². The Morgan fingerprint density at radius 3 is 2.25 bits per heavy atom. The summed E-state index contributed by atoms with van der Waals surface area (Å²) in [6.07, 6.45) is 4.41. The first-order valence-corrected chi connectivity index (χ1v) is 8.62. The molecule has 0 aliphatic rings. The van der Waals surface area contributed by atoms with Gasteiger partial charge in [0, 0.05) is 19.6 Å². The SMILES string of the molecule is CCc1nn(C)c(CC(CC)(CC)CNC(C)C)c1Br. The van der Waals surface area contributed by atoms with Gasteiger partial charge in [0.05, 0.1) is 15.9 Å². The van der Waals surface area contributed by atoms with Crippen LogP contribution in [0.4, 0.5) is 0 Å². The first-order valence-electron chi connectivity index (χ1n) is 7.82. The Bertz CT molecular complexity index is 420. The van der Waals surface area contributed by atoms with E-state index in [1.165, 1.54) is 28.7 Å². The summed E-state index contributed by atoms with van der Waals surface area (Å²) in [5.74, 6) is 0. The van der Waals surface area contributed by atoms with E-state index in [0.29, 0.717) is 11.5 Å². The molecule has 4 heteroatoms. The van der Waals surface area contributed by atoms with Crippen molar-refractivity contribution in [1.29, 1.82) is 0 Å². The highest BCUT2D eigenvalue weighted by molar-refractivity contribution is 9.10. The van der Waals surface area contributed by atoms with E-state index < -0.39 is 0 Å². The summed E-state index contributed by atoms with van der Waals surface area (Å²) < 4.78 is 3.26. The molecule has 0 fully saturated rings. The minimum Gasteiger partial charge on any atom is -0.314 e. The number of aromatic nitrogens is 2. The van der Waals surface area contributed by atoms with E-state index in [0.717, 1.165) is 19.4 Å². The number of nitrogens with one attached hydrogen (secondary N) is 1. The van der Waals surface area contributed by atoms with Crippen LogP contribution in [0.15, 0.2) is 4.47 Å². The number of aryl methyl sites for hydroxylation is 2. The standard InChI is InChI=1S/C16H30BrN3/c1-7-13-15(17)14(20(6)19-13)10-16(8-2,9-3)11-18-12(4)5/h12,18H,7-11H2,1-6H3.